The van der Waals surface area contributed by atoms with Gasteiger partial charge in [-0.1, -0.05) is 0 Å². The highest BCUT2D eigenvalue weighted by Gasteiger charge is 2.33. The molecule has 1 aromatic heterocycles. The van der Waals surface area contributed by atoms with Crippen LogP contribution in [0.1, 0.15) is 21.5 Å². The van der Waals surface area contributed by atoms with E-state index in [-0.39, 0.29) is 11.8 Å². The van der Waals surface area contributed by atoms with Crippen LogP contribution in [-0.2, 0) is 19.8 Å². The molecule has 0 bridgehead atoms. The maximum Gasteiger partial charge on any atom is 0.417 e. The summed E-state index contributed by atoms with van der Waals surface area (Å²) >= 11 is 0. The SMILES string of the molecule is CN(Cc1cnn(C)c1)c1ccc(C=O)c(C(F)(F)F)c1. The first-order valence-corrected chi connectivity index (χ1v) is 6.16. The molecule has 0 aliphatic rings. The summed E-state index contributed by atoms with van der Waals surface area (Å²) < 4.78 is 40.4. The number of halogens is 3. The van der Waals surface area contributed by atoms with Crippen LogP contribution >= 0.6 is 0 Å². The van der Waals surface area contributed by atoms with Gasteiger partial charge in [-0.25, -0.2) is 0 Å². The van der Waals surface area contributed by atoms with Gasteiger partial charge in [0.15, 0.2) is 6.29 Å². The van der Waals surface area contributed by atoms with Gasteiger partial charge in [0.2, 0.25) is 0 Å². The van der Waals surface area contributed by atoms with Crippen molar-refractivity contribution in [2.45, 2.75) is 12.7 Å². The Bertz CT molecular complexity index is 649. The summed E-state index contributed by atoms with van der Waals surface area (Å²) in [5.74, 6) is 0. The molecule has 0 radical (unpaired) electrons. The third-order valence-electron chi connectivity index (χ3n) is 3.09. The number of carbonyl (C=O) groups is 1. The number of carbonyl (C=O) groups excluding carboxylic acids is 1. The lowest BCUT2D eigenvalue weighted by atomic mass is 10.1. The quantitative estimate of drug-likeness (QED) is 0.814. The number of aromatic nitrogens is 2. The molecule has 1 heterocycles. The Balaban J connectivity index is 2.29. The second-order valence-corrected chi connectivity index (χ2v) is 4.77. The molecule has 0 atom stereocenters. The standard InChI is InChI=1S/C14H14F3N3O/c1-19(7-10-6-18-20(2)8-10)12-4-3-11(9-21)13(5-12)14(15,16)17/h3-6,8-9H,7H2,1-2H3. The van der Waals surface area contributed by atoms with Crippen LogP contribution in [0.5, 0.6) is 0 Å². The molecule has 112 valence electrons. The monoisotopic (exact) mass is 297 g/mol. The van der Waals surface area contributed by atoms with Crippen molar-refractivity contribution in [1.29, 1.82) is 0 Å². The van der Waals surface area contributed by atoms with E-state index in [9.17, 15) is 18.0 Å². The number of alkyl halides is 3. The number of rotatable bonds is 4. The fourth-order valence-electron chi connectivity index (χ4n) is 2.05. The van der Waals surface area contributed by atoms with Crippen molar-refractivity contribution < 1.29 is 18.0 Å². The Morgan fingerprint density at radius 2 is 2.10 bits per heavy atom. The Morgan fingerprint density at radius 3 is 2.62 bits per heavy atom. The second-order valence-electron chi connectivity index (χ2n) is 4.77. The summed E-state index contributed by atoms with van der Waals surface area (Å²) in [6.45, 7) is 0.422. The predicted octanol–water partition coefficient (Wildman–Crippen LogP) is 2.89. The number of anilines is 1. The van der Waals surface area contributed by atoms with E-state index in [0.29, 0.717) is 12.2 Å². The van der Waals surface area contributed by atoms with E-state index in [0.717, 1.165) is 11.6 Å². The lowest BCUT2D eigenvalue weighted by Gasteiger charge is -2.20. The van der Waals surface area contributed by atoms with E-state index in [4.69, 9.17) is 0 Å². The molecule has 7 heteroatoms. The molecule has 0 saturated heterocycles. The minimum atomic E-state index is -4.55. The highest BCUT2D eigenvalue weighted by atomic mass is 19.4. The van der Waals surface area contributed by atoms with Gasteiger partial charge in [-0.05, 0) is 18.2 Å². The number of hydrogen-bond acceptors (Lipinski definition) is 3. The van der Waals surface area contributed by atoms with E-state index >= 15 is 0 Å². The van der Waals surface area contributed by atoms with Gasteiger partial charge in [-0.2, -0.15) is 18.3 Å². The fourth-order valence-corrected chi connectivity index (χ4v) is 2.05. The third-order valence-corrected chi connectivity index (χ3v) is 3.09. The summed E-state index contributed by atoms with van der Waals surface area (Å²) in [4.78, 5) is 12.4. The highest BCUT2D eigenvalue weighted by molar-refractivity contribution is 5.79. The first-order valence-electron chi connectivity index (χ1n) is 6.16. The number of aldehydes is 1. The zero-order valence-electron chi connectivity index (χ0n) is 11.6. The van der Waals surface area contributed by atoms with Gasteiger partial charge in [0.1, 0.15) is 0 Å². The molecule has 0 N–H and O–H groups in total. The molecule has 4 nitrogen and oxygen atoms in total. The van der Waals surface area contributed by atoms with Gasteiger partial charge in [0, 0.05) is 43.7 Å². The zero-order valence-corrected chi connectivity index (χ0v) is 11.6. The molecule has 0 aliphatic heterocycles. The van der Waals surface area contributed by atoms with Crippen LogP contribution in [0, 0.1) is 0 Å². The molecule has 0 saturated carbocycles. The van der Waals surface area contributed by atoms with Crippen molar-refractivity contribution in [3.63, 3.8) is 0 Å². The summed E-state index contributed by atoms with van der Waals surface area (Å²) in [6, 6.07) is 3.67. The van der Waals surface area contributed by atoms with Crippen molar-refractivity contribution in [3.05, 3.63) is 47.3 Å². The van der Waals surface area contributed by atoms with Gasteiger partial charge in [0.25, 0.3) is 0 Å². The van der Waals surface area contributed by atoms with Gasteiger partial charge >= 0.3 is 6.18 Å². The summed E-state index contributed by atoms with van der Waals surface area (Å²) in [7, 11) is 3.45. The lowest BCUT2D eigenvalue weighted by Crippen LogP contribution is -2.18. The van der Waals surface area contributed by atoms with E-state index in [2.05, 4.69) is 5.10 Å². The van der Waals surface area contributed by atoms with Crippen molar-refractivity contribution in [2.75, 3.05) is 11.9 Å². The van der Waals surface area contributed by atoms with E-state index in [1.165, 1.54) is 12.1 Å². The maximum absolute atomic E-state index is 12.9. The van der Waals surface area contributed by atoms with Crippen LogP contribution in [0.25, 0.3) is 0 Å². The summed E-state index contributed by atoms with van der Waals surface area (Å²) in [5.41, 5.74) is -0.0149. The van der Waals surface area contributed by atoms with Crippen LogP contribution in [0.3, 0.4) is 0 Å². The Labute approximate surface area is 119 Å². The Kier molecular flexibility index (Phi) is 4.02. The molecule has 1 aromatic carbocycles. The van der Waals surface area contributed by atoms with Crippen molar-refractivity contribution in [3.8, 4) is 0 Å². The van der Waals surface area contributed by atoms with Gasteiger partial charge in [-0.15, -0.1) is 0 Å². The molecule has 0 spiro atoms. The van der Waals surface area contributed by atoms with E-state index in [1.807, 2.05) is 0 Å². The summed E-state index contributed by atoms with van der Waals surface area (Å²) in [5, 5.41) is 4.01. The molecule has 0 amide bonds. The normalized spacial score (nSPS) is 11.5. The molecule has 2 rings (SSSR count). The highest BCUT2D eigenvalue weighted by Crippen LogP contribution is 2.34. The molecular formula is C14H14F3N3O. The van der Waals surface area contributed by atoms with Crippen LogP contribution in [-0.4, -0.2) is 23.1 Å². The Morgan fingerprint density at radius 1 is 1.38 bits per heavy atom. The first-order chi connectivity index (χ1) is 9.81. The van der Waals surface area contributed by atoms with Crippen molar-refractivity contribution >= 4 is 12.0 Å². The molecular weight excluding hydrogens is 283 g/mol. The first kappa shape index (κ1) is 15.1. The van der Waals surface area contributed by atoms with Gasteiger partial charge < -0.3 is 4.90 Å². The minimum Gasteiger partial charge on any atom is -0.370 e. The number of hydrogen-bond donors (Lipinski definition) is 0. The molecule has 0 aliphatic carbocycles. The Hall–Kier alpha value is -2.31. The maximum atomic E-state index is 12.9. The van der Waals surface area contributed by atoms with Crippen LogP contribution in [0.15, 0.2) is 30.6 Å². The minimum absolute atomic E-state index is 0.216. The molecule has 2 aromatic rings. The molecule has 21 heavy (non-hydrogen) atoms. The number of nitrogens with zero attached hydrogens (tertiary/aromatic N) is 3. The van der Waals surface area contributed by atoms with E-state index < -0.39 is 11.7 Å². The van der Waals surface area contributed by atoms with Gasteiger partial charge in [0.05, 0.1) is 11.8 Å². The number of aryl methyl sites for hydroxylation is 1. The third kappa shape index (κ3) is 3.42. The average molecular weight is 297 g/mol. The smallest absolute Gasteiger partial charge is 0.370 e. The molecule has 0 unspecified atom stereocenters. The van der Waals surface area contributed by atoms with Crippen LogP contribution < -0.4 is 4.90 Å². The van der Waals surface area contributed by atoms with Crippen molar-refractivity contribution in [2.24, 2.45) is 7.05 Å². The predicted molar refractivity (Wildman–Crippen MR) is 72.1 cm³/mol. The van der Waals surface area contributed by atoms with E-state index in [1.54, 1.807) is 36.1 Å². The zero-order chi connectivity index (χ0) is 15.6. The van der Waals surface area contributed by atoms with Crippen molar-refractivity contribution in [1.82, 2.24) is 9.78 Å². The number of benzene rings is 1. The largest absolute Gasteiger partial charge is 0.417 e. The van der Waals surface area contributed by atoms with Gasteiger partial charge in [-0.3, -0.25) is 9.48 Å². The lowest BCUT2D eigenvalue weighted by molar-refractivity contribution is -0.137. The topological polar surface area (TPSA) is 38.1 Å². The summed E-state index contributed by atoms with van der Waals surface area (Å²) in [6.07, 6.45) is -0.892. The fraction of sp³-hybridized carbons (Fsp3) is 0.286. The van der Waals surface area contributed by atoms with Crippen LogP contribution in [0.4, 0.5) is 18.9 Å². The average Bonchev–Trinajstić information content (AvgIpc) is 2.82. The molecule has 0 fully saturated rings. The van der Waals surface area contributed by atoms with Crippen LogP contribution in [0.2, 0.25) is 0 Å². The second kappa shape index (κ2) is 5.59.